The molecule has 0 aliphatic carbocycles. The van der Waals surface area contributed by atoms with Gasteiger partial charge >= 0.3 is 5.97 Å². The third kappa shape index (κ3) is 6.85. The Bertz CT molecular complexity index is 435. The SMILES string of the molecule is CCCCCCCCCCNc1cccc(Cl)c1C(=O)O. The van der Waals surface area contributed by atoms with E-state index in [0.717, 1.165) is 13.0 Å². The third-order valence-corrected chi connectivity index (χ3v) is 3.89. The molecule has 3 nitrogen and oxygen atoms in total. The summed E-state index contributed by atoms with van der Waals surface area (Å²) in [6.07, 6.45) is 10.1. The molecule has 0 amide bonds. The molecule has 0 heterocycles. The molecule has 118 valence electrons. The summed E-state index contributed by atoms with van der Waals surface area (Å²) in [6.45, 7) is 3.02. The first-order chi connectivity index (χ1) is 10.2. The number of rotatable bonds is 11. The summed E-state index contributed by atoms with van der Waals surface area (Å²) in [5.74, 6) is -0.987. The highest BCUT2D eigenvalue weighted by Gasteiger charge is 2.13. The molecule has 0 atom stereocenters. The topological polar surface area (TPSA) is 49.3 Å². The average Bonchev–Trinajstić information content (AvgIpc) is 2.45. The number of benzene rings is 1. The highest BCUT2D eigenvalue weighted by atomic mass is 35.5. The van der Waals surface area contributed by atoms with Gasteiger partial charge in [-0.15, -0.1) is 0 Å². The summed E-state index contributed by atoms with van der Waals surface area (Å²) in [6, 6.07) is 5.14. The van der Waals surface area contributed by atoms with Crippen molar-refractivity contribution in [3.63, 3.8) is 0 Å². The zero-order valence-electron chi connectivity index (χ0n) is 12.8. The summed E-state index contributed by atoms with van der Waals surface area (Å²) in [5.41, 5.74) is 0.775. The van der Waals surface area contributed by atoms with E-state index in [2.05, 4.69) is 12.2 Å². The number of aromatic carboxylic acids is 1. The van der Waals surface area contributed by atoms with Gasteiger partial charge in [-0.3, -0.25) is 0 Å². The Balaban J connectivity index is 2.21. The predicted molar refractivity (Wildman–Crippen MR) is 89.5 cm³/mol. The summed E-state index contributed by atoms with van der Waals surface area (Å²) >= 11 is 5.93. The Labute approximate surface area is 132 Å². The van der Waals surface area contributed by atoms with Crippen molar-refractivity contribution in [3.05, 3.63) is 28.8 Å². The van der Waals surface area contributed by atoms with E-state index in [1.54, 1.807) is 18.2 Å². The molecule has 0 saturated carbocycles. The first-order valence-electron chi connectivity index (χ1n) is 7.92. The van der Waals surface area contributed by atoms with Gasteiger partial charge in [0.25, 0.3) is 0 Å². The maximum atomic E-state index is 11.2. The zero-order chi connectivity index (χ0) is 15.5. The fourth-order valence-corrected chi connectivity index (χ4v) is 2.63. The van der Waals surface area contributed by atoms with E-state index in [4.69, 9.17) is 16.7 Å². The quantitative estimate of drug-likeness (QED) is 0.524. The maximum absolute atomic E-state index is 11.2. The van der Waals surface area contributed by atoms with Crippen LogP contribution in [0, 0.1) is 0 Å². The van der Waals surface area contributed by atoms with Crippen LogP contribution in [0.2, 0.25) is 5.02 Å². The Morgan fingerprint density at radius 1 is 1.10 bits per heavy atom. The Morgan fingerprint density at radius 3 is 2.33 bits per heavy atom. The van der Waals surface area contributed by atoms with Crippen molar-refractivity contribution in [2.75, 3.05) is 11.9 Å². The molecule has 0 saturated heterocycles. The molecule has 4 heteroatoms. The maximum Gasteiger partial charge on any atom is 0.339 e. The van der Waals surface area contributed by atoms with Gasteiger partial charge in [-0.05, 0) is 18.6 Å². The fourth-order valence-electron chi connectivity index (χ4n) is 2.37. The predicted octanol–water partition coefficient (Wildman–Crippen LogP) is 5.59. The van der Waals surface area contributed by atoms with Gasteiger partial charge in [0, 0.05) is 6.54 Å². The van der Waals surface area contributed by atoms with Crippen LogP contribution in [0.1, 0.15) is 68.6 Å². The molecular weight excluding hydrogens is 286 g/mol. The lowest BCUT2D eigenvalue weighted by Gasteiger charge is -2.10. The van der Waals surface area contributed by atoms with Crippen molar-refractivity contribution in [1.82, 2.24) is 0 Å². The van der Waals surface area contributed by atoms with Gasteiger partial charge < -0.3 is 10.4 Å². The van der Waals surface area contributed by atoms with Crippen LogP contribution in [0.25, 0.3) is 0 Å². The molecule has 0 radical (unpaired) electrons. The molecule has 0 unspecified atom stereocenters. The normalized spacial score (nSPS) is 10.6. The minimum absolute atomic E-state index is 0.165. The minimum Gasteiger partial charge on any atom is -0.478 e. The van der Waals surface area contributed by atoms with E-state index in [0.29, 0.717) is 5.69 Å². The zero-order valence-corrected chi connectivity index (χ0v) is 13.6. The lowest BCUT2D eigenvalue weighted by Crippen LogP contribution is -2.08. The lowest BCUT2D eigenvalue weighted by molar-refractivity contribution is 0.0698. The molecule has 0 aliphatic rings. The van der Waals surface area contributed by atoms with Gasteiger partial charge in [-0.25, -0.2) is 4.79 Å². The van der Waals surface area contributed by atoms with Crippen molar-refractivity contribution in [2.24, 2.45) is 0 Å². The van der Waals surface area contributed by atoms with Gasteiger partial charge in [-0.1, -0.05) is 69.5 Å². The van der Waals surface area contributed by atoms with Gasteiger partial charge in [0.05, 0.1) is 10.7 Å². The van der Waals surface area contributed by atoms with Gasteiger partial charge in [-0.2, -0.15) is 0 Å². The molecule has 1 aromatic carbocycles. The van der Waals surface area contributed by atoms with Crippen LogP contribution in [0.15, 0.2) is 18.2 Å². The van der Waals surface area contributed by atoms with Crippen LogP contribution in [-0.2, 0) is 0 Å². The number of anilines is 1. The van der Waals surface area contributed by atoms with Crippen molar-refractivity contribution in [3.8, 4) is 0 Å². The number of halogens is 1. The van der Waals surface area contributed by atoms with E-state index < -0.39 is 5.97 Å². The monoisotopic (exact) mass is 311 g/mol. The molecule has 0 aromatic heterocycles. The van der Waals surface area contributed by atoms with Crippen LogP contribution in [0.5, 0.6) is 0 Å². The van der Waals surface area contributed by atoms with Crippen LogP contribution in [0.4, 0.5) is 5.69 Å². The first kappa shape index (κ1) is 17.8. The van der Waals surface area contributed by atoms with Gasteiger partial charge in [0.15, 0.2) is 0 Å². The summed E-state index contributed by atoms with van der Waals surface area (Å²) in [5, 5.41) is 12.6. The molecule has 1 rings (SSSR count). The molecule has 0 spiro atoms. The standard InChI is InChI=1S/C17H26ClNO2/c1-2-3-4-5-6-7-8-9-13-19-15-12-10-11-14(18)16(15)17(20)21/h10-12,19H,2-9,13H2,1H3,(H,20,21). The number of carboxylic acids is 1. The number of unbranched alkanes of at least 4 members (excludes halogenated alkanes) is 7. The van der Waals surface area contributed by atoms with Crippen LogP contribution in [0.3, 0.4) is 0 Å². The Hall–Kier alpha value is -1.22. The minimum atomic E-state index is -0.987. The molecule has 21 heavy (non-hydrogen) atoms. The smallest absolute Gasteiger partial charge is 0.339 e. The highest BCUT2D eigenvalue weighted by Crippen LogP contribution is 2.24. The molecule has 0 fully saturated rings. The van der Waals surface area contributed by atoms with Crippen LogP contribution < -0.4 is 5.32 Å². The Kier molecular flexibility index (Phi) is 8.91. The molecular formula is C17H26ClNO2. The summed E-state index contributed by atoms with van der Waals surface area (Å²) in [4.78, 5) is 11.2. The summed E-state index contributed by atoms with van der Waals surface area (Å²) < 4.78 is 0. The number of nitrogens with one attached hydrogen (secondary N) is 1. The first-order valence-corrected chi connectivity index (χ1v) is 8.30. The average molecular weight is 312 g/mol. The van der Waals surface area contributed by atoms with E-state index in [1.807, 2.05) is 0 Å². The van der Waals surface area contributed by atoms with E-state index in [9.17, 15) is 4.79 Å². The number of hydrogen-bond acceptors (Lipinski definition) is 2. The van der Waals surface area contributed by atoms with Gasteiger partial charge in [0.2, 0.25) is 0 Å². The lowest BCUT2D eigenvalue weighted by atomic mass is 10.1. The van der Waals surface area contributed by atoms with Gasteiger partial charge in [0.1, 0.15) is 5.56 Å². The van der Waals surface area contributed by atoms with Crippen molar-refractivity contribution in [2.45, 2.75) is 58.3 Å². The second-order valence-electron chi connectivity index (χ2n) is 5.37. The second kappa shape index (κ2) is 10.5. The van der Waals surface area contributed by atoms with Crippen molar-refractivity contribution < 1.29 is 9.90 Å². The Morgan fingerprint density at radius 2 is 1.71 bits per heavy atom. The molecule has 0 bridgehead atoms. The van der Waals surface area contributed by atoms with Crippen molar-refractivity contribution >= 4 is 23.3 Å². The molecule has 1 aromatic rings. The van der Waals surface area contributed by atoms with Crippen LogP contribution in [-0.4, -0.2) is 17.6 Å². The van der Waals surface area contributed by atoms with E-state index in [-0.39, 0.29) is 10.6 Å². The number of carbonyl (C=O) groups is 1. The third-order valence-electron chi connectivity index (χ3n) is 3.57. The summed E-state index contributed by atoms with van der Waals surface area (Å²) in [7, 11) is 0. The number of hydrogen-bond donors (Lipinski definition) is 2. The second-order valence-corrected chi connectivity index (χ2v) is 5.78. The van der Waals surface area contributed by atoms with Crippen molar-refractivity contribution in [1.29, 1.82) is 0 Å². The van der Waals surface area contributed by atoms with Crippen LogP contribution >= 0.6 is 11.6 Å². The highest BCUT2D eigenvalue weighted by molar-refractivity contribution is 6.34. The largest absolute Gasteiger partial charge is 0.478 e. The van der Waals surface area contributed by atoms with E-state index >= 15 is 0 Å². The molecule has 2 N–H and O–H groups in total. The number of carboxylic acid groups (broad SMARTS) is 1. The fraction of sp³-hybridized carbons (Fsp3) is 0.588. The molecule has 0 aliphatic heterocycles. The van der Waals surface area contributed by atoms with E-state index in [1.165, 1.54) is 44.9 Å².